The number of carboxylic acids is 2. The SMILES string of the molecule is O=C(O)C=Cc1cccc([N+](=O)[O][Sb]([O][N+](=O)c2cccc(C=CC(=O)O)c2)([c]2ccccc2)([c]2ccccc2)[c]2ccccc2)c1. The van der Waals surface area contributed by atoms with Gasteiger partial charge < -0.3 is 0 Å². The maximum absolute atomic E-state index is 14.3. The molecule has 0 aliphatic carbocycles. The van der Waals surface area contributed by atoms with Crippen molar-refractivity contribution in [3.63, 3.8) is 0 Å². The molecule has 0 amide bonds. The van der Waals surface area contributed by atoms with Crippen LogP contribution >= 0.6 is 0 Å². The second-order valence-corrected chi connectivity index (χ2v) is 21.0. The van der Waals surface area contributed by atoms with E-state index in [2.05, 4.69) is 0 Å². The quantitative estimate of drug-likeness (QED) is 0.0935. The van der Waals surface area contributed by atoms with Crippen molar-refractivity contribution < 1.29 is 35.9 Å². The Balaban J connectivity index is 1.79. The summed E-state index contributed by atoms with van der Waals surface area (Å²) in [6.07, 6.45) is 4.60. The van der Waals surface area contributed by atoms with Crippen molar-refractivity contribution in [2.75, 3.05) is 0 Å². The predicted octanol–water partition coefficient (Wildman–Crippen LogP) is 5.38. The molecule has 0 bridgehead atoms. The van der Waals surface area contributed by atoms with Crippen molar-refractivity contribution in [2.24, 2.45) is 0 Å². The molecule has 0 aliphatic rings. The molecular formula is C36H29N2O8Sb+2. The third-order valence-corrected chi connectivity index (χ3v) is 20.3. The molecule has 0 atom stereocenters. The van der Waals surface area contributed by atoms with Gasteiger partial charge in [0.25, 0.3) is 0 Å². The fourth-order valence-electron chi connectivity index (χ4n) is 5.04. The molecule has 0 aliphatic heterocycles. The summed E-state index contributed by atoms with van der Waals surface area (Å²) >= 11 is -6.34. The summed E-state index contributed by atoms with van der Waals surface area (Å²) in [4.78, 5) is 51.6. The van der Waals surface area contributed by atoms with Crippen LogP contribution in [0.4, 0.5) is 11.4 Å². The van der Waals surface area contributed by atoms with Gasteiger partial charge in [0.05, 0.1) is 0 Å². The standard InChI is InChI=1S/2C9H7NO4.3C6H5.Sb/c2*11-9(12)5-4-7-2-1-3-8(6-7)10(13)14;3*1-2-4-6-5-3-1;/h2*1-6H,(H,11,12);3*1-5H;/q;;;;;+2. The summed E-state index contributed by atoms with van der Waals surface area (Å²) in [5.74, 6) is -2.30. The first kappa shape index (κ1) is 32.5. The van der Waals surface area contributed by atoms with Crippen LogP contribution in [0.5, 0.6) is 0 Å². The van der Waals surface area contributed by atoms with E-state index in [0.29, 0.717) is 31.5 Å². The summed E-state index contributed by atoms with van der Waals surface area (Å²) in [7, 11) is 0. The van der Waals surface area contributed by atoms with Crippen LogP contribution in [0.1, 0.15) is 11.1 Å². The van der Waals surface area contributed by atoms with Gasteiger partial charge >= 0.3 is 273 Å². The van der Waals surface area contributed by atoms with Gasteiger partial charge in [0.2, 0.25) is 0 Å². The zero-order valence-electron chi connectivity index (χ0n) is 24.8. The normalized spacial score (nSPS) is 12.2. The van der Waals surface area contributed by atoms with Gasteiger partial charge in [-0.3, -0.25) is 0 Å². The molecule has 0 aromatic heterocycles. The Kier molecular flexibility index (Phi) is 9.73. The van der Waals surface area contributed by atoms with Crippen LogP contribution in [0.25, 0.3) is 12.2 Å². The number of benzene rings is 5. The molecule has 47 heavy (non-hydrogen) atoms. The number of carboxylic acid groups (broad SMARTS) is 2. The van der Waals surface area contributed by atoms with Gasteiger partial charge in [-0.1, -0.05) is 0 Å². The van der Waals surface area contributed by atoms with E-state index in [-0.39, 0.29) is 11.4 Å². The Labute approximate surface area is 271 Å². The van der Waals surface area contributed by atoms with Gasteiger partial charge in [-0.05, 0) is 0 Å². The topological polar surface area (TPSA) is 133 Å². The monoisotopic (exact) mass is 738 g/mol. The first-order chi connectivity index (χ1) is 22.7. The van der Waals surface area contributed by atoms with Crippen LogP contribution in [0.15, 0.2) is 152 Å². The van der Waals surface area contributed by atoms with Crippen molar-refractivity contribution in [1.29, 1.82) is 0 Å². The van der Waals surface area contributed by atoms with Crippen LogP contribution in [0.3, 0.4) is 0 Å². The van der Waals surface area contributed by atoms with Crippen molar-refractivity contribution in [2.45, 2.75) is 0 Å². The minimum absolute atomic E-state index is 0.0281. The van der Waals surface area contributed by atoms with Crippen LogP contribution in [-0.4, -0.2) is 50.2 Å². The van der Waals surface area contributed by atoms with Gasteiger partial charge in [-0.25, -0.2) is 0 Å². The average Bonchev–Trinajstić information content (AvgIpc) is 3.11. The Morgan fingerprint density at radius 3 is 1.17 bits per heavy atom. The Bertz CT molecular complexity index is 1810. The number of aliphatic carboxylic acids is 2. The molecule has 11 heteroatoms. The molecule has 0 radical (unpaired) electrons. The Morgan fingerprint density at radius 1 is 0.511 bits per heavy atom. The van der Waals surface area contributed by atoms with Crippen LogP contribution in [0.2, 0.25) is 0 Å². The fourth-order valence-corrected chi connectivity index (χ4v) is 17.6. The van der Waals surface area contributed by atoms with Gasteiger partial charge in [0.15, 0.2) is 0 Å². The van der Waals surface area contributed by atoms with E-state index in [9.17, 15) is 19.4 Å². The van der Waals surface area contributed by atoms with E-state index in [1.807, 2.05) is 0 Å². The molecule has 0 saturated heterocycles. The second kappa shape index (κ2) is 14.1. The molecule has 0 unspecified atom stereocenters. The van der Waals surface area contributed by atoms with Crippen molar-refractivity contribution >= 4 is 64.2 Å². The molecule has 2 N–H and O–H groups in total. The number of carbonyl (C=O) groups is 2. The number of hydrogen-bond donors (Lipinski definition) is 2. The third-order valence-electron chi connectivity index (χ3n) is 7.13. The van der Waals surface area contributed by atoms with Gasteiger partial charge in [-0.2, -0.15) is 0 Å². The van der Waals surface area contributed by atoms with Crippen molar-refractivity contribution in [3.05, 3.63) is 173 Å². The second-order valence-electron chi connectivity index (χ2n) is 10.2. The Morgan fingerprint density at radius 2 is 0.851 bits per heavy atom. The van der Waals surface area contributed by atoms with Gasteiger partial charge in [-0.15, -0.1) is 0 Å². The molecule has 5 aromatic carbocycles. The summed E-state index contributed by atoms with van der Waals surface area (Å²) in [6.45, 7) is 0. The molecule has 0 saturated carbocycles. The molecule has 5 aromatic rings. The summed E-state index contributed by atoms with van der Waals surface area (Å²) < 4.78 is 14.9. The molecule has 0 heterocycles. The van der Waals surface area contributed by atoms with Crippen LogP contribution in [-0.2, 0) is 15.8 Å². The first-order valence-corrected chi connectivity index (χ1v) is 20.2. The van der Waals surface area contributed by atoms with Gasteiger partial charge in [0.1, 0.15) is 0 Å². The number of nitrogens with zero attached hydrogens (tertiary/aromatic N) is 2. The van der Waals surface area contributed by atoms with E-state index >= 15 is 0 Å². The van der Waals surface area contributed by atoms with E-state index in [1.165, 1.54) is 36.4 Å². The molecule has 234 valence electrons. The van der Waals surface area contributed by atoms with Crippen LogP contribution < -0.4 is 10.5 Å². The zero-order chi connectivity index (χ0) is 33.3. The van der Waals surface area contributed by atoms with E-state index < -0.39 is 30.2 Å². The predicted molar refractivity (Wildman–Crippen MR) is 179 cm³/mol. The molecule has 0 spiro atoms. The molecule has 5 rings (SSSR count). The Hall–Kier alpha value is -5.86. The van der Waals surface area contributed by atoms with E-state index in [4.69, 9.17) is 16.4 Å². The fraction of sp³-hybridized carbons (Fsp3) is 0. The molecule has 10 nitrogen and oxygen atoms in total. The van der Waals surface area contributed by atoms with Crippen molar-refractivity contribution in [1.82, 2.24) is 0 Å². The van der Waals surface area contributed by atoms with Gasteiger partial charge in [0, 0.05) is 0 Å². The van der Waals surface area contributed by atoms with Crippen LogP contribution in [0, 0.1) is 9.81 Å². The molecular weight excluding hydrogens is 710 g/mol. The van der Waals surface area contributed by atoms with Crippen molar-refractivity contribution in [3.8, 4) is 0 Å². The maximum atomic E-state index is 14.3. The summed E-state index contributed by atoms with van der Waals surface area (Å²) in [5, 5.41) is 18.2. The van der Waals surface area contributed by atoms with E-state index in [1.54, 1.807) is 115 Å². The van der Waals surface area contributed by atoms with E-state index in [0.717, 1.165) is 12.2 Å². The zero-order valence-corrected chi connectivity index (χ0v) is 27.3. The summed E-state index contributed by atoms with van der Waals surface area (Å²) in [5.41, 5.74) is 0.917. The first-order valence-electron chi connectivity index (χ1n) is 14.3. The summed E-state index contributed by atoms with van der Waals surface area (Å²) in [6, 6.07) is 38.8. The number of rotatable bonds is 13. The number of hydrogen-bond acceptors (Lipinski definition) is 6. The molecule has 0 fully saturated rings. The third kappa shape index (κ3) is 6.88. The minimum atomic E-state index is -6.34. The average molecular weight is 739 g/mol.